The van der Waals surface area contributed by atoms with Gasteiger partial charge in [0.05, 0.1) is 5.56 Å². The van der Waals surface area contributed by atoms with Crippen LogP contribution in [0.1, 0.15) is 42.5 Å². The quantitative estimate of drug-likeness (QED) is 0.904. The highest BCUT2D eigenvalue weighted by Crippen LogP contribution is 2.18. The lowest BCUT2D eigenvalue weighted by molar-refractivity contribution is 0.0757. The molecule has 1 aromatic carbocycles. The van der Waals surface area contributed by atoms with E-state index in [1.165, 1.54) is 25.0 Å². The summed E-state index contributed by atoms with van der Waals surface area (Å²) < 4.78 is 13.8. The van der Waals surface area contributed by atoms with E-state index < -0.39 is 5.82 Å². The lowest BCUT2D eigenvalue weighted by atomic mass is 10.2. The molecular formula is C18H24FN3O2. The first kappa shape index (κ1) is 16.7. The first-order valence-corrected chi connectivity index (χ1v) is 8.74. The molecule has 6 heteroatoms. The molecular weight excluding hydrogens is 309 g/mol. The van der Waals surface area contributed by atoms with Crippen molar-refractivity contribution >= 4 is 11.9 Å². The molecule has 1 aliphatic heterocycles. The highest BCUT2D eigenvalue weighted by atomic mass is 19.1. The van der Waals surface area contributed by atoms with Crippen LogP contribution in [0.4, 0.5) is 9.18 Å². The van der Waals surface area contributed by atoms with Gasteiger partial charge in [-0.05, 0) is 31.4 Å². The summed E-state index contributed by atoms with van der Waals surface area (Å²) in [6, 6.07) is 6.29. The Hall–Kier alpha value is -2.11. The number of carbonyl (C=O) groups excluding carboxylic acids is 2. The van der Waals surface area contributed by atoms with E-state index in [2.05, 4.69) is 5.32 Å². The Bertz CT molecular complexity index is 602. The normalized spacial score (nSPS) is 19.2. The molecule has 1 heterocycles. The van der Waals surface area contributed by atoms with Crippen LogP contribution in [0.25, 0.3) is 0 Å². The number of hydrogen-bond donors (Lipinski definition) is 1. The van der Waals surface area contributed by atoms with Crippen molar-refractivity contribution in [2.45, 2.75) is 38.1 Å². The summed E-state index contributed by atoms with van der Waals surface area (Å²) in [7, 11) is 0. The highest BCUT2D eigenvalue weighted by molar-refractivity contribution is 5.94. The van der Waals surface area contributed by atoms with E-state index in [1.54, 1.807) is 21.9 Å². The lowest BCUT2D eigenvalue weighted by Crippen LogP contribution is -2.45. The summed E-state index contributed by atoms with van der Waals surface area (Å²) in [6.45, 7) is 2.09. The molecule has 1 saturated carbocycles. The fraction of sp³-hybridized carbons (Fsp3) is 0.556. The summed E-state index contributed by atoms with van der Waals surface area (Å²) in [5, 5.41) is 3.08. The molecule has 130 valence electrons. The molecule has 2 aliphatic rings. The highest BCUT2D eigenvalue weighted by Gasteiger charge is 2.26. The molecule has 3 rings (SSSR count). The van der Waals surface area contributed by atoms with Gasteiger partial charge in [-0.1, -0.05) is 25.0 Å². The molecule has 1 aromatic rings. The van der Waals surface area contributed by atoms with Crippen LogP contribution in [-0.2, 0) is 0 Å². The smallest absolute Gasteiger partial charge is 0.317 e. The van der Waals surface area contributed by atoms with Crippen LogP contribution in [-0.4, -0.2) is 54.0 Å². The van der Waals surface area contributed by atoms with Gasteiger partial charge in [0.1, 0.15) is 5.82 Å². The fourth-order valence-corrected chi connectivity index (χ4v) is 3.46. The minimum absolute atomic E-state index is 0.0397. The topological polar surface area (TPSA) is 52.7 Å². The fourth-order valence-electron chi connectivity index (χ4n) is 3.46. The standard InChI is InChI=1S/C18H24FN3O2/c19-16-9-4-3-8-15(16)17(23)21-10-5-11-22(13-12-21)18(24)20-14-6-1-2-7-14/h3-4,8-9,14H,1-2,5-7,10-13H2,(H,20,24). The third-order valence-electron chi connectivity index (χ3n) is 4.86. The SMILES string of the molecule is O=C(NC1CCCC1)N1CCCN(C(=O)c2ccccc2F)CC1. The van der Waals surface area contributed by atoms with Crippen molar-refractivity contribution in [2.75, 3.05) is 26.2 Å². The van der Waals surface area contributed by atoms with Gasteiger partial charge in [-0.15, -0.1) is 0 Å². The number of halogens is 1. The summed E-state index contributed by atoms with van der Waals surface area (Å²) in [4.78, 5) is 28.3. The molecule has 5 nitrogen and oxygen atoms in total. The summed E-state index contributed by atoms with van der Waals surface area (Å²) in [6.07, 6.45) is 5.17. The number of urea groups is 1. The van der Waals surface area contributed by atoms with Crippen LogP contribution in [0.15, 0.2) is 24.3 Å². The molecule has 0 atom stereocenters. The predicted molar refractivity (Wildman–Crippen MR) is 89.3 cm³/mol. The molecule has 0 spiro atoms. The van der Waals surface area contributed by atoms with Gasteiger partial charge >= 0.3 is 6.03 Å². The molecule has 24 heavy (non-hydrogen) atoms. The zero-order valence-electron chi connectivity index (χ0n) is 13.8. The van der Waals surface area contributed by atoms with Crippen LogP contribution >= 0.6 is 0 Å². The van der Waals surface area contributed by atoms with Gasteiger partial charge in [0.15, 0.2) is 0 Å². The second-order valence-corrected chi connectivity index (χ2v) is 6.54. The largest absolute Gasteiger partial charge is 0.337 e. The number of benzene rings is 1. The maximum absolute atomic E-state index is 13.8. The number of carbonyl (C=O) groups is 2. The Labute approximate surface area is 141 Å². The van der Waals surface area contributed by atoms with Gasteiger partial charge in [-0.2, -0.15) is 0 Å². The van der Waals surface area contributed by atoms with Crippen molar-refractivity contribution < 1.29 is 14.0 Å². The van der Waals surface area contributed by atoms with Gasteiger partial charge in [0.25, 0.3) is 5.91 Å². The predicted octanol–water partition coefficient (Wildman–Crippen LogP) is 2.63. The lowest BCUT2D eigenvalue weighted by Gasteiger charge is -2.24. The van der Waals surface area contributed by atoms with E-state index in [9.17, 15) is 14.0 Å². The molecule has 0 radical (unpaired) electrons. The number of nitrogens with zero attached hydrogens (tertiary/aromatic N) is 2. The average molecular weight is 333 g/mol. The summed E-state index contributed by atoms with van der Waals surface area (Å²) in [5.41, 5.74) is 0.0985. The Morgan fingerprint density at radius 1 is 0.958 bits per heavy atom. The minimum atomic E-state index is -0.498. The molecule has 3 amide bonds. The van der Waals surface area contributed by atoms with Crippen molar-refractivity contribution in [3.05, 3.63) is 35.6 Å². The number of nitrogens with one attached hydrogen (secondary N) is 1. The van der Waals surface area contributed by atoms with E-state index in [0.29, 0.717) is 32.6 Å². The van der Waals surface area contributed by atoms with Crippen LogP contribution in [0.3, 0.4) is 0 Å². The van der Waals surface area contributed by atoms with Crippen molar-refractivity contribution in [2.24, 2.45) is 0 Å². The molecule has 0 unspecified atom stereocenters. The van der Waals surface area contributed by atoms with Gasteiger partial charge in [0.2, 0.25) is 0 Å². The minimum Gasteiger partial charge on any atom is -0.337 e. The zero-order chi connectivity index (χ0) is 16.9. The van der Waals surface area contributed by atoms with Crippen molar-refractivity contribution in [3.8, 4) is 0 Å². The van der Waals surface area contributed by atoms with Gasteiger partial charge < -0.3 is 15.1 Å². The van der Waals surface area contributed by atoms with Gasteiger partial charge in [0, 0.05) is 32.2 Å². The van der Waals surface area contributed by atoms with Crippen molar-refractivity contribution in [1.29, 1.82) is 0 Å². The van der Waals surface area contributed by atoms with E-state index in [4.69, 9.17) is 0 Å². The second kappa shape index (κ2) is 7.64. The van der Waals surface area contributed by atoms with Crippen molar-refractivity contribution in [1.82, 2.24) is 15.1 Å². The second-order valence-electron chi connectivity index (χ2n) is 6.54. The number of hydrogen-bond acceptors (Lipinski definition) is 2. The molecule has 0 aromatic heterocycles. The van der Waals surface area contributed by atoms with E-state index in [-0.39, 0.29) is 23.5 Å². The first-order chi connectivity index (χ1) is 11.6. The molecule has 1 aliphatic carbocycles. The summed E-state index contributed by atoms with van der Waals surface area (Å²) in [5.74, 6) is -0.797. The molecule has 0 bridgehead atoms. The monoisotopic (exact) mass is 333 g/mol. The maximum Gasteiger partial charge on any atom is 0.317 e. The Balaban J connectivity index is 1.57. The third kappa shape index (κ3) is 3.86. The zero-order valence-corrected chi connectivity index (χ0v) is 13.8. The summed E-state index contributed by atoms with van der Waals surface area (Å²) >= 11 is 0. The Morgan fingerprint density at radius 3 is 2.38 bits per heavy atom. The van der Waals surface area contributed by atoms with E-state index in [1.807, 2.05) is 0 Å². The van der Waals surface area contributed by atoms with Crippen LogP contribution in [0.2, 0.25) is 0 Å². The van der Waals surface area contributed by atoms with Crippen LogP contribution in [0, 0.1) is 5.82 Å². The maximum atomic E-state index is 13.8. The number of amides is 3. The van der Waals surface area contributed by atoms with Crippen molar-refractivity contribution in [3.63, 3.8) is 0 Å². The molecule has 1 N–H and O–H groups in total. The van der Waals surface area contributed by atoms with E-state index in [0.717, 1.165) is 12.8 Å². The molecule has 1 saturated heterocycles. The first-order valence-electron chi connectivity index (χ1n) is 8.74. The van der Waals surface area contributed by atoms with E-state index >= 15 is 0 Å². The molecule has 2 fully saturated rings. The number of rotatable bonds is 2. The Kier molecular flexibility index (Phi) is 5.33. The van der Waals surface area contributed by atoms with Gasteiger partial charge in [-0.25, -0.2) is 9.18 Å². The average Bonchev–Trinajstić information content (AvgIpc) is 2.96. The van der Waals surface area contributed by atoms with Crippen LogP contribution in [0.5, 0.6) is 0 Å². The van der Waals surface area contributed by atoms with Gasteiger partial charge in [-0.3, -0.25) is 4.79 Å². The third-order valence-corrected chi connectivity index (χ3v) is 4.86. The van der Waals surface area contributed by atoms with Crippen LogP contribution < -0.4 is 5.32 Å². The Morgan fingerprint density at radius 2 is 1.62 bits per heavy atom.